The van der Waals surface area contributed by atoms with E-state index in [9.17, 15) is 10.1 Å². The van der Waals surface area contributed by atoms with Crippen LogP contribution in [0, 0.1) is 10.1 Å². The summed E-state index contributed by atoms with van der Waals surface area (Å²) < 4.78 is 0. The maximum Gasteiger partial charge on any atom is 0.282 e. The SMILES string of the molecule is CCSc1cc(Cl)ccc1[N+](=O)[O-]. The minimum Gasteiger partial charge on any atom is -0.258 e. The summed E-state index contributed by atoms with van der Waals surface area (Å²) in [7, 11) is 0. The molecular weight excluding hydrogens is 210 g/mol. The Morgan fingerprint density at radius 2 is 2.31 bits per heavy atom. The highest BCUT2D eigenvalue weighted by Gasteiger charge is 2.12. The van der Waals surface area contributed by atoms with Crippen LogP contribution in [0.2, 0.25) is 5.02 Å². The number of benzene rings is 1. The number of nitro groups is 1. The maximum absolute atomic E-state index is 10.6. The fraction of sp³-hybridized carbons (Fsp3) is 0.250. The van der Waals surface area contributed by atoms with Crippen molar-refractivity contribution in [1.29, 1.82) is 0 Å². The highest BCUT2D eigenvalue weighted by Crippen LogP contribution is 2.31. The molecule has 0 aliphatic carbocycles. The molecule has 0 unspecified atom stereocenters. The van der Waals surface area contributed by atoms with E-state index in [0.717, 1.165) is 5.75 Å². The molecule has 0 saturated carbocycles. The summed E-state index contributed by atoms with van der Waals surface area (Å²) >= 11 is 7.14. The smallest absolute Gasteiger partial charge is 0.258 e. The number of halogens is 1. The van der Waals surface area contributed by atoms with Crippen LogP contribution < -0.4 is 0 Å². The molecule has 0 aliphatic rings. The average Bonchev–Trinajstić information content (AvgIpc) is 2.04. The summed E-state index contributed by atoms with van der Waals surface area (Å²) in [6.07, 6.45) is 0. The lowest BCUT2D eigenvalue weighted by Gasteiger charge is -2.00. The predicted octanol–water partition coefficient (Wildman–Crippen LogP) is 3.36. The van der Waals surface area contributed by atoms with Crippen molar-refractivity contribution in [3.8, 4) is 0 Å². The molecule has 0 bridgehead atoms. The summed E-state index contributed by atoms with van der Waals surface area (Å²) in [6, 6.07) is 4.58. The summed E-state index contributed by atoms with van der Waals surface area (Å²) in [5.74, 6) is 0.793. The molecule has 70 valence electrons. The van der Waals surface area contributed by atoms with E-state index in [2.05, 4.69) is 0 Å². The molecule has 13 heavy (non-hydrogen) atoms. The Balaban J connectivity index is 3.10. The van der Waals surface area contributed by atoms with Crippen molar-refractivity contribution >= 4 is 29.1 Å². The van der Waals surface area contributed by atoms with E-state index in [1.807, 2.05) is 6.92 Å². The molecule has 0 aromatic heterocycles. The average molecular weight is 218 g/mol. The number of nitro benzene ring substituents is 1. The number of hydrogen-bond donors (Lipinski definition) is 0. The fourth-order valence-electron chi connectivity index (χ4n) is 0.910. The van der Waals surface area contributed by atoms with Crippen LogP contribution in [0.15, 0.2) is 23.1 Å². The molecule has 1 aromatic carbocycles. The zero-order valence-electron chi connectivity index (χ0n) is 6.99. The molecule has 0 saturated heterocycles. The van der Waals surface area contributed by atoms with Gasteiger partial charge in [0.1, 0.15) is 0 Å². The Bertz CT molecular complexity index is 330. The van der Waals surface area contributed by atoms with E-state index in [-0.39, 0.29) is 5.69 Å². The van der Waals surface area contributed by atoms with Gasteiger partial charge in [0.2, 0.25) is 0 Å². The summed E-state index contributed by atoms with van der Waals surface area (Å²) in [5.41, 5.74) is 0.122. The lowest BCUT2D eigenvalue weighted by molar-refractivity contribution is -0.387. The van der Waals surface area contributed by atoms with Gasteiger partial charge in [0.05, 0.1) is 9.82 Å². The number of thioether (sulfide) groups is 1. The summed E-state index contributed by atoms with van der Waals surface area (Å²) in [5, 5.41) is 11.1. The van der Waals surface area contributed by atoms with Gasteiger partial charge in [-0.15, -0.1) is 11.8 Å². The van der Waals surface area contributed by atoms with Gasteiger partial charge in [-0.3, -0.25) is 10.1 Å². The zero-order chi connectivity index (χ0) is 9.84. The summed E-state index contributed by atoms with van der Waals surface area (Å²) in [6.45, 7) is 1.94. The quantitative estimate of drug-likeness (QED) is 0.443. The van der Waals surface area contributed by atoms with Gasteiger partial charge in [-0.05, 0) is 17.9 Å². The van der Waals surface area contributed by atoms with Crippen LogP contribution in [0.1, 0.15) is 6.92 Å². The lowest BCUT2D eigenvalue weighted by Crippen LogP contribution is -1.90. The Labute approximate surface area is 85.2 Å². The van der Waals surface area contributed by atoms with Crippen LogP contribution >= 0.6 is 23.4 Å². The Hall–Kier alpha value is -0.740. The molecule has 0 fully saturated rings. The maximum atomic E-state index is 10.6. The standard InChI is InChI=1S/C8H8ClNO2S/c1-2-13-8-5-6(9)3-4-7(8)10(11)12/h3-5H,2H2,1H3. The highest BCUT2D eigenvalue weighted by molar-refractivity contribution is 7.99. The molecular formula is C8H8ClNO2S. The molecule has 0 N–H and O–H groups in total. The van der Waals surface area contributed by atoms with Gasteiger partial charge in [0, 0.05) is 11.1 Å². The van der Waals surface area contributed by atoms with Crippen LogP contribution in [0.25, 0.3) is 0 Å². The van der Waals surface area contributed by atoms with E-state index in [1.54, 1.807) is 6.07 Å². The van der Waals surface area contributed by atoms with E-state index < -0.39 is 4.92 Å². The third-order valence-electron chi connectivity index (χ3n) is 1.42. The van der Waals surface area contributed by atoms with E-state index in [0.29, 0.717) is 9.92 Å². The second-order valence-electron chi connectivity index (χ2n) is 2.30. The van der Waals surface area contributed by atoms with Crippen molar-refractivity contribution in [3.63, 3.8) is 0 Å². The normalized spacial score (nSPS) is 10.0. The third kappa shape index (κ3) is 2.60. The van der Waals surface area contributed by atoms with Crippen molar-refractivity contribution < 1.29 is 4.92 Å². The van der Waals surface area contributed by atoms with Gasteiger partial charge < -0.3 is 0 Å². The fourth-order valence-corrected chi connectivity index (χ4v) is 1.96. The largest absolute Gasteiger partial charge is 0.282 e. The Kier molecular flexibility index (Phi) is 3.57. The number of rotatable bonds is 3. The van der Waals surface area contributed by atoms with Crippen LogP contribution in [-0.4, -0.2) is 10.7 Å². The van der Waals surface area contributed by atoms with Crippen molar-refractivity contribution in [3.05, 3.63) is 33.3 Å². The Morgan fingerprint density at radius 1 is 1.62 bits per heavy atom. The van der Waals surface area contributed by atoms with Gasteiger partial charge in [-0.1, -0.05) is 18.5 Å². The van der Waals surface area contributed by atoms with Crippen LogP contribution in [0.3, 0.4) is 0 Å². The third-order valence-corrected chi connectivity index (χ3v) is 2.58. The van der Waals surface area contributed by atoms with E-state index >= 15 is 0 Å². The zero-order valence-corrected chi connectivity index (χ0v) is 8.56. The molecule has 0 radical (unpaired) electrons. The predicted molar refractivity (Wildman–Crippen MR) is 54.5 cm³/mol. The molecule has 0 amide bonds. The first-order chi connectivity index (χ1) is 6.15. The van der Waals surface area contributed by atoms with Gasteiger partial charge in [0.25, 0.3) is 5.69 Å². The van der Waals surface area contributed by atoms with Crippen molar-refractivity contribution in [2.75, 3.05) is 5.75 Å². The molecule has 0 heterocycles. The number of nitrogens with zero attached hydrogens (tertiary/aromatic N) is 1. The Morgan fingerprint density at radius 3 is 2.85 bits per heavy atom. The van der Waals surface area contributed by atoms with Gasteiger partial charge >= 0.3 is 0 Å². The molecule has 0 atom stereocenters. The van der Waals surface area contributed by atoms with Crippen molar-refractivity contribution in [1.82, 2.24) is 0 Å². The first-order valence-electron chi connectivity index (χ1n) is 3.72. The monoisotopic (exact) mass is 217 g/mol. The molecule has 3 nitrogen and oxygen atoms in total. The topological polar surface area (TPSA) is 43.1 Å². The minimum absolute atomic E-state index is 0.122. The summed E-state index contributed by atoms with van der Waals surface area (Å²) in [4.78, 5) is 10.8. The van der Waals surface area contributed by atoms with E-state index in [1.165, 1.54) is 23.9 Å². The molecule has 1 aromatic rings. The lowest BCUT2D eigenvalue weighted by atomic mass is 10.3. The molecule has 5 heteroatoms. The number of hydrogen-bond acceptors (Lipinski definition) is 3. The molecule has 0 aliphatic heterocycles. The van der Waals surface area contributed by atoms with E-state index in [4.69, 9.17) is 11.6 Å². The first kappa shape index (κ1) is 10.3. The highest BCUT2D eigenvalue weighted by atomic mass is 35.5. The second-order valence-corrected chi connectivity index (χ2v) is 4.04. The van der Waals surface area contributed by atoms with Crippen LogP contribution in [0.5, 0.6) is 0 Å². The van der Waals surface area contributed by atoms with Crippen molar-refractivity contribution in [2.24, 2.45) is 0 Å². The van der Waals surface area contributed by atoms with Gasteiger partial charge in [-0.25, -0.2) is 0 Å². The van der Waals surface area contributed by atoms with Crippen molar-refractivity contribution in [2.45, 2.75) is 11.8 Å². The van der Waals surface area contributed by atoms with Crippen LogP contribution in [-0.2, 0) is 0 Å². The minimum atomic E-state index is -0.395. The second kappa shape index (κ2) is 4.48. The van der Waals surface area contributed by atoms with Gasteiger partial charge in [0.15, 0.2) is 0 Å². The molecule has 1 rings (SSSR count). The van der Waals surface area contributed by atoms with Gasteiger partial charge in [-0.2, -0.15) is 0 Å². The van der Waals surface area contributed by atoms with Crippen LogP contribution in [0.4, 0.5) is 5.69 Å². The first-order valence-corrected chi connectivity index (χ1v) is 5.08. The molecule has 0 spiro atoms.